The summed E-state index contributed by atoms with van der Waals surface area (Å²) in [5.41, 5.74) is 1.65. The van der Waals surface area contributed by atoms with E-state index in [0.717, 1.165) is 0 Å². The normalized spacial score (nSPS) is 12.0. The molecule has 0 bridgehead atoms. The zero-order valence-electron chi connectivity index (χ0n) is 13.3. The highest BCUT2D eigenvalue weighted by atomic mass is 16.5. The first kappa shape index (κ1) is 15.9. The van der Waals surface area contributed by atoms with Crippen LogP contribution >= 0.6 is 0 Å². The molecule has 0 fully saturated rings. The maximum Gasteiger partial charge on any atom is 0.183 e. The fourth-order valence-electron chi connectivity index (χ4n) is 2.33. The number of hydrogen-bond acceptors (Lipinski definition) is 8. The minimum Gasteiger partial charge on any atom is -0.497 e. The summed E-state index contributed by atoms with van der Waals surface area (Å²) in [4.78, 5) is 16.6. The van der Waals surface area contributed by atoms with E-state index in [2.05, 4.69) is 25.3 Å². The van der Waals surface area contributed by atoms with Gasteiger partial charge in [-0.1, -0.05) is 0 Å². The minimum absolute atomic E-state index is 0.214. The number of fused-ring (bicyclic) bond motifs is 1. The predicted molar refractivity (Wildman–Crippen MR) is 88.1 cm³/mol. The van der Waals surface area contributed by atoms with Crippen molar-refractivity contribution >= 4 is 17.0 Å². The largest absolute Gasteiger partial charge is 0.497 e. The number of aliphatic hydroxyl groups excluding tert-OH is 1. The maximum atomic E-state index is 10.5. The first-order valence-electron chi connectivity index (χ1n) is 7.28. The van der Waals surface area contributed by atoms with E-state index >= 15 is 0 Å². The van der Waals surface area contributed by atoms with E-state index in [1.54, 1.807) is 44.8 Å². The lowest BCUT2D eigenvalue weighted by atomic mass is 10.1. The SMILES string of the molecule is COc1ccc(OC)c([C@H](O)CNc2ncnc3nccnc23)c1. The Bertz CT molecular complexity index is 838. The van der Waals surface area contributed by atoms with Crippen LogP contribution in [-0.4, -0.2) is 45.8 Å². The number of aromatic nitrogens is 4. The third-order valence-electron chi connectivity index (χ3n) is 3.53. The molecule has 0 aliphatic heterocycles. The Morgan fingerprint density at radius 2 is 1.92 bits per heavy atom. The first-order chi connectivity index (χ1) is 11.7. The van der Waals surface area contributed by atoms with E-state index in [9.17, 15) is 5.11 Å². The van der Waals surface area contributed by atoms with Crippen LogP contribution < -0.4 is 14.8 Å². The molecule has 0 saturated carbocycles. The van der Waals surface area contributed by atoms with E-state index in [4.69, 9.17) is 9.47 Å². The van der Waals surface area contributed by atoms with Crippen LogP contribution in [0.2, 0.25) is 0 Å². The van der Waals surface area contributed by atoms with Crippen molar-refractivity contribution in [2.75, 3.05) is 26.1 Å². The van der Waals surface area contributed by atoms with E-state index in [0.29, 0.717) is 34.0 Å². The lowest BCUT2D eigenvalue weighted by Crippen LogP contribution is -2.14. The predicted octanol–water partition coefficient (Wildman–Crippen LogP) is 1.58. The average Bonchev–Trinajstić information content (AvgIpc) is 2.65. The van der Waals surface area contributed by atoms with Gasteiger partial charge in [0.15, 0.2) is 11.5 Å². The summed E-state index contributed by atoms with van der Waals surface area (Å²) in [7, 11) is 3.13. The minimum atomic E-state index is -0.822. The van der Waals surface area contributed by atoms with E-state index in [1.165, 1.54) is 6.33 Å². The highest BCUT2D eigenvalue weighted by molar-refractivity contribution is 5.81. The van der Waals surface area contributed by atoms with Crippen molar-refractivity contribution in [2.45, 2.75) is 6.10 Å². The summed E-state index contributed by atoms with van der Waals surface area (Å²) in [5.74, 6) is 1.73. The Morgan fingerprint density at radius 1 is 1.08 bits per heavy atom. The molecule has 3 rings (SSSR count). The van der Waals surface area contributed by atoms with Crippen LogP contribution in [0.15, 0.2) is 36.9 Å². The lowest BCUT2D eigenvalue weighted by molar-refractivity contribution is 0.186. The molecule has 2 heterocycles. The Hall–Kier alpha value is -3.00. The number of nitrogens with zero attached hydrogens (tertiary/aromatic N) is 4. The molecule has 2 N–H and O–H groups in total. The standard InChI is InChI=1S/C16H17N5O3/c1-23-10-3-4-13(24-2)11(7-10)12(22)8-19-16-14-15(20-9-21-16)18-6-5-17-14/h3-7,9,12,22H,8H2,1-2H3,(H,18,19,20,21)/t12-/m1/s1. The van der Waals surface area contributed by atoms with Gasteiger partial charge in [0.05, 0.1) is 20.3 Å². The fourth-order valence-corrected chi connectivity index (χ4v) is 2.33. The fraction of sp³-hybridized carbons (Fsp3) is 0.250. The van der Waals surface area contributed by atoms with Crippen LogP contribution in [0, 0.1) is 0 Å². The molecule has 0 aliphatic rings. The van der Waals surface area contributed by atoms with Crippen LogP contribution in [0.4, 0.5) is 5.82 Å². The average molecular weight is 327 g/mol. The topological polar surface area (TPSA) is 102 Å². The second-order valence-electron chi connectivity index (χ2n) is 4.96. The van der Waals surface area contributed by atoms with Crippen molar-refractivity contribution in [3.05, 3.63) is 42.5 Å². The summed E-state index contributed by atoms with van der Waals surface area (Å²) in [5, 5.41) is 13.6. The van der Waals surface area contributed by atoms with Crippen molar-refractivity contribution < 1.29 is 14.6 Å². The molecule has 24 heavy (non-hydrogen) atoms. The Labute approximate surface area is 138 Å². The molecular weight excluding hydrogens is 310 g/mol. The molecule has 0 radical (unpaired) electrons. The summed E-state index contributed by atoms with van der Waals surface area (Å²) in [6.45, 7) is 0.214. The summed E-state index contributed by atoms with van der Waals surface area (Å²) in [6.07, 6.45) is 3.71. The quantitative estimate of drug-likeness (QED) is 0.703. The molecule has 1 atom stereocenters. The van der Waals surface area contributed by atoms with Gasteiger partial charge >= 0.3 is 0 Å². The van der Waals surface area contributed by atoms with Crippen molar-refractivity contribution in [1.82, 2.24) is 19.9 Å². The molecule has 2 aromatic heterocycles. The second kappa shape index (κ2) is 7.05. The third-order valence-corrected chi connectivity index (χ3v) is 3.53. The van der Waals surface area contributed by atoms with Gasteiger partial charge in [0.2, 0.25) is 0 Å². The maximum absolute atomic E-state index is 10.5. The highest BCUT2D eigenvalue weighted by Crippen LogP contribution is 2.29. The smallest absolute Gasteiger partial charge is 0.183 e. The van der Waals surface area contributed by atoms with Crippen molar-refractivity contribution in [2.24, 2.45) is 0 Å². The van der Waals surface area contributed by atoms with Crippen molar-refractivity contribution in [3.8, 4) is 11.5 Å². The van der Waals surface area contributed by atoms with Crippen LogP contribution in [0.1, 0.15) is 11.7 Å². The van der Waals surface area contributed by atoms with Crippen molar-refractivity contribution in [1.29, 1.82) is 0 Å². The summed E-state index contributed by atoms with van der Waals surface area (Å²) >= 11 is 0. The monoisotopic (exact) mass is 327 g/mol. The number of aliphatic hydroxyl groups is 1. The van der Waals surface area contributed by atoms with Gasteiger partial charge in [-0.05, 0) is 18.2 Å². The molecule has 8 heteroatoms. The van der Waals surface area contributed by atoms with Gasteiger partial charge in [0, 0.05) is 24.5 Å². The Morgan fingerprint density at radius 3 is 2.71 bits per heavy atom. The van der Waals surface area contributed by atoms with Gasteiger partial charge in [-0.3, -0.25) is 0 Å². The van der Waals surface area contributed by atoms with Crippen LogP contribution in [-0.2, 0) is 0 Å². The zero-order chi connectivity index (χ0) is 16.9. The number of nitrogens with one attached hydrogen (secondary N) is 1. The molecule has 0 aliphatic carbocycles. The Balaban J connectivity index is 1.81. The first-order valence-corrected chi connectivity index (χ1v) is 7.28. The molecule has 8 nitrogen and oxygen atoms in total. The van der Waals surface area contributed by atoms with Crippen LogP contribution in [0.5, 0.6) is 11.5 Å². The molecule has 3 aromatic rings. The van der Waals surface area contributed by atoms with Gasteiger partial charge in [0.1, 0.15) is 23.3 Å². The van der Waals surface area contributed by atoms with E-state index < -0.39 is 6.10 Å². The molecule has 0 saturated heterocycles. The van der Waals surface area contributed by atoms with Crippen molar-refractivity contribution in [3.63, 3.8) is 0 Å². The second-order valence-corrected chi connectivity index (χ2v) is 4.96. The van der Waals surface area contributed by atoms with E-state index in [1.807, 2.05) is 0 Å². The summed E-state index contributed by atoms with van der Waals surface area (Å²) < 4.78 is 10.5. The molecule has 1 aromatic carbocycles. The van der Waals surface area contributed by atoms with Gasteiger partial charge in [0.25, 0.3) is 0 Å². The number of hydrogen-bond donors (Lipinski definition) is 2. The van der Waals surface area contributed by atoms with Crippen LogP contribution in [0.3, 0.4) is 0 Å². The number of methoxy groups -OCH3 is 2. The van der Waals surface area contributed by atoms with E-state index in [-0.39, 0.29) is 6.54 Å². The molecule has 124 valence electrons. The molecule has 0 unspecified atom stereocenters. The number of ether oxygens (including phenoxy) is 2. The zero-order valence-corrected chi connectivity index (χ0v) is 13.3. The van der Waals surface area contributed by atoms with Gasteiger partial charge in [-0.15, -0.1) is 0 Å². The van der Waals surface area contributed by atoms with Crippen LogP contribution in [0.25, 0.3) is 11.2 Å². The summed E-state index contributed by atoms with van der Waals surface area (Å²) in [6, 6.07) is 5.27. The molecule has 0 spiro atoms. The Kier molecular flexibility index (Phi) is 4.66. The van der Waals surface area contributed by atoms with Gasteiger partial charge in [-0.25, -0.2) is 19.9 Å². The highest BCUT2D eigenvalue weighted by Gasteiger charge is 2.15. The number of benzene rings is 1. The van der Waals surface area contributed by atoms with Gasteiger partial charge in [-0.2, -0.15) is 0 Å². The number of rotatable bonds is 6. The molecule has 0 amide bonds. The number of anilines is 1. The molecular formula is C16H17N5O3. The lowest BCUT2D eigenvalue weighted by Gasteiger charge is -2.17. The van der Waals surface area contributed by atoms with Gasteiger partial charge < -0.3 is 19.9 Å². The third kappa shape index (κ3) is 3.18.